The number of nitrogens with one attached hydrogen (secondary N) is 1. The van der Waals surface area contributed by atoms with E-state index < -0.39 is 0 Å². The topological polar surface area (TPSA) is 37.8 Å². The fourth-order valence-corrected chi connectivity index (χ4v) is 1.59. The lowest BCUT2D eigenvalue weighted by atomic mass is 10.2. The molecule has 1 rings (SSSR count). The SMILES string of the molecule is CSCCC(C)Nc1cccnn1. The minimum atomic E-state index is 0.462. The molecule has 13 heavy (non-hydrogen) atoms. The molecule has 0 radical (unpaired) electrons. The number of rotatable bonds is 5. The molecule has 1 aromatic rings. The van der Waals surface area contributed by atoms with Gasteiger partial charge in [-0.05, 0) is 37.5 Å². The Bertz CT molecular complexity index is 228. The second kappa shape index (κ2) is 5.80. The van der Waals surface area contributed by atoms with Crippen LogP contribution in [0.3, 0.4) is 0 Å². The highest BCUT2D eigenvalue weighted by atomic mass is 32.2. The molecule has 0 saturated carbocycles. The van der Waals surface area contributed by atoms with Crippen molar-refractivity contribution in [2.45, 2.75) is 19.4 Å². The molecule has 0 spiro atoms. The zero-order valence-corrected chi connectivity index (χ0v) is 8.84. The number of aromatic nitrogens is 2. The quantitative estimate of drug-likeness (QED) is 0.783. The lowest BCUT2D eigenvalue weighted by Crippen LogP contribution is -2.16. The van der Waals surface area contributed by atoms with Crippen LogP contribution in [0.1, 0.15) is 13.3 Å². The van der Waals surface area contributed by atoms with Gasteiger partial charge in [-0.1, -0.05) is 0 Å². The summed E-state index contributed by atoms with van der Waals surface area (Å²) in [6.45, 7) is 2.16. The van der Waals surface area contributed by atoms with Crippen molar-refractivity contribution in [2.24, 2.45) is 0 Å². The maximum absolute atomic E-state index is 3.96. The van der Waals surface area contributed by atoms with E-state index in [4.69, 9.17) is 0 Å². The van der Waals surface area contributed by atoms with Gasteiger partial charge in [0.25, 0.3) is 0 Å². The minimum absolute atomic E-state index is 0.462. The fraction of sp³-hybridized carbons (Fsp3) is 0.556. The third-order valence-corrected chi connectivity index (χ3v) is 2.37. The molecular weight excluding hydrogens is 182 g/mol. The predicted octanol–water partition coefficient (Wildman–Crippen LogP) is 2.03. The molecule has 0 aliphatic rings. The van der Waals surface area contributed by atoms with Gasteiger partial charge in [-0.3, -0.25) is 0 Å². The zero-order chi connectivity index (χ0) is 9.52. The van der Waals surface area contributed by atoms with E-state index in [1.807, 2.05) is 23.9 Å². The Labute approximate surface area is 83.3 Å². The van der Waals surface area contributed by atoms with Crippen molar-refractivity contribution in [1.29, 1.82) is 0 Å². The Balaban J connectivity index is 2.32. The molecule has 72 valence electrons. The van der Waals surface area contributed by atoms with Crippen molar-refractivity contribution >= 4 is 17.6 Å². The first-order chi connectivity index (χ1) is 6.33. The summed E-state index contributed by atoms with van der Waals surface area (Å²) in [6, 6.07) is 4.28. The van der Waals surface area contributed by atoms with Crippen molar-refractivity contribution in [3.63, 3.8) is 0 Å². The lowest BCUT2D eigenvalue weighted by molar-refractivity contribution is 0.762. The van der Waals surface area contributed by atoms with Gasteiger partial charge in [-0.15, -0.1) is 5.10 Å². The molecule has 0 bridgehead atoms. The van der Waals surface area contributed by atoms with E-state index in [2.05, 4.69) is 28.7 Å². The summed E-state index contributed by atoms with van der Waals surface area (Å²) in [5, 5.41) is 11.0. The van der Waals surface area contributed by atoms with Crippen LogP contribution < -0.4 is 5.32 Å². The first-order valence-corrected chi connectivity index (χ1v) is 5.75. The number of anilines is 1. The number of hydrogen-bond donors (Lipinski definition) is 1. The molecule has 1 atom stereocenters. The van der Waals surface area contributed by atoms with Crippen LogP contribution in [0.2, 0.25) is 0 Å². The molecule has 3 nitrogen and oxygen atoms in total. The monoisotopic (exact) mass is 197 g/mol. The summed E-state index contributed by atoms with van der Waals surface area (Å²) >= 11 is 1.86. The Morgan fingerprint density at radius 1 is 1.62 bits per heavy atom. The molecule has 0 aliphatic carbocycles. The Kier molecular flexibility index (Phi) is 4.60. The van der Waals surface area contributed by atoms with Crippen LogP contribution in [0.5, 0.6) is 0 Å². The number of thioether (sulfide) groups is 1. The average molecular weight is 197 g/mol. The van der Waals surface area contributed by atoms with Crippen molar-refractivity contribution in [1.82, 2.24) is 10.2 Å². The summed E-state index contributed by atoms with van der Waals surface area (Å²) in [4.78, 5) is 0. The van der Waals surface area contributed by atoms with Gasteiger partial charge in [-0.25, -0.2) is 0 Å². The van der Waals surface area contributed by atoms with Crippen LogP contribution in [0.15, 0.2) is 18.3 Å². The van der Waals surface area contributed by atoms with Crippen molar-refractivity contribution in [2.75, 3.05) is 17.3 Å². The first-order valence-electron chi connectivity index (χ1n) is 4.36. The van der Waals surface area contributed by atoms with Crippen LogP contribution in [0.25, 0.3) is 0 Å². The highest BCUT2D eigenvalue weighted by Gasteiger charge is 2.01. The van der Waals surface area contributed by atoms with Gasteiger partial charge < -0.3 is 5.32 Å². The smallest absolute Gasteiger partial charge is 0.148 e. The van der Waals surface area contributed by atoms with Crippen LogP contribution in [-0.4, -0.2) is 28.2 Å². The van der Waals surface area contributed by atoms with Gasteiger partial charge >= 0.3 is 0 Å². The van der Waals surface area contributed by atoms with E-state index in [0.29, 0.717) is 6.04 Å². The zero-order valence-electron chi connectivity index (χ0n) is 8.03. The number of nitrogens with zero attached hydrogens (tertiary/aromatic N) is 2. The van der Waals surface area contributed by atoms with Gasteiger partial charge in [-0.2, -0.15) is 16.9 Å². The summed E-state index contributed by atoms with van der Waals surface area (Å²) in [5.41, 5.74) is 0. The summed E-state index contributed by atoms with van der Waals surface area (Å²) in [5.74, 6) is 2.03. The maximum Gasteiger partial charge on any atom is 0.148 e. The molecule has 0 amide bonds. The van der Waals surface area contributed by atoms with Crippen molar-refractivity contribution in [3.05, 3.63) is 18.3 Å². The lowest BCUT2D eigenvalue weighted by Gasteiger charge is -2.12. The van der Waals surface area contributed by atoms with E-state index in [-0.39, 0.29) is 0 Å². The first kappa shape index (κ1) is 10.3. The van der Waals surface area contributed by atoms with Gasteiger partial charge in [0, 0.05) is 12.2 Å². The molecule has 1 aromatic heterocycles. The van der Waals surface area contributed by atoms with Crippen LogP contribution >= 0.6 is 11.8 Å². The van der Waals surface area contributed by atoms with E-state index in [1.54, 1.807) is 6.20 Å². The molecule has 1 N–H and O–H groups in total. The second-order valence-corrected chi connectivity index (χ2v) is 3.92. The van der Waals surface area contributed by atoms with Gasteiger partial charge in [0.15, 0.2) is 0 Å². The van der Waals surface area contributed by atoms with Crippen molar-refractivity contribution < 1.29 is 0 Å². The molecule has 0 aliphatic heterocycles. The summed E-state index contributed by atoms with van der Waals surface area (Å²) < 4.78 is 0. The highest BCUT2D eigenvalue weighted by Crippen LogP contribution is 2.06. The van der Waals surface area contributed by atoms with Crippen LogP contribution in [-0.2, 0) is 0 Å². The summed E-state index contributed by atoms with van der Waals surface area (Å²) in [7, 11) is 0. The van der Waals surface area contributed by atoms with Gasteiger partial charge in [0.1, 0.15) is 5.82 Å². The van der Waals surface area contributed by atoms with E-state index in [9.17, 15) is 0 Å². The van der Waals surface area contributed by atoms with Crippen LogP contribution in [0.4, 0.5) is 5.82 Å². The molecule has 0 saturated heterocycles. The predicted molar refractivity (Wildman–Crippen MR) is 58.1 cm³/mol. The van der Waals surface area contributed by atoms with E-state index >= 15 is 0 Å². The second-order valence-electron chi connectivity index (χ2n) is 2.94. The third kappa shape index (κ3) is 4.12. The molecule has 1 unspecified atom stereocenters. The normalized spacial score (nSPS) is 12.5. The van der Waals surface area contributed by atoms with Gasteiger partial charge in [0.05, 0.1) is 0 Å². The largest absolute Gasteiger partial charge is 0.366 e. The number of hydrogen-bond acceptors (Lipinski definition) is 4. The maximum atomic E-state index is 3.96. The highest BCUT2D eigenvalue weighted by molar-refractivity contribution is 7.98. The molecule has 0 fully saturated rings. The average Bonchev–Trinajstić information content (AvgIpc) is 2.16. The van der Waals surface area contributed by atoms with Gasteiger partial charge in [0.2, 0.25) is 0 Å². The van der Waals surface area contributed by atoms with Crippen molar-refractivity contribution in [3.8, 4) is 0 Å². The van der Waals surface area contributed by atoms with E-state index in [0.717, 1.165) is 12.2 Å². The standard InChI is InChI=1S/C9H15N3S/c1-8(5-7-13-2)11-9-4-3-6-10-12-9/h3-4,6,8H,5,7H2,1-2H3,(H,11,12). The van der Waals surface area contributed by atoms with Crippen LogP contribution in [0, 0.1) is 0 Å². The van der Waals surface area contributed by atoms with E-state index in [1.165, 1.54) is 5.75 Å². The molecule has 0 aromatic carbocycles. The minimum Gasteiger partial charge on any atom is -0.366 e. The Morgan fingerprint density at radius 2 is 2.46 bits per heavy atom. The Hall–Kier alpha value is -0.770. The third-order valence-electron chi connectivity index (χ3n) is 1.72. The molecule has 1 heterocycles. The molecular formula is C9H15N3S. The molecule has 4 heteroatoms. The summed E-state index contributed by atoms with van der Waals surface area (Å²) in [6.07, 6.45) is 4.95. The Morgan fingerprint density at radius 3 is 3.08 bits per heavy atom. The fourth-order valence-electron chi connectivity index (χ4n) is 0.998.